The molecule has 0 aromatic heterocycles. The van der Waals surface area contributed by atoms with E-state index in [0.29, 0.717) is 5.92 Å². The van der Waals surface area contributed by atoms with Gasteiger partial charge in [-0.25, -0.2) is 8.78 Å². The van der Waals surface area contributed by atoms with Crippen LogP contribution in [-0.2, 0) is 0 Å². The Bertz CT molecular complexity index is 145. The highest BCUT2D eigenvalue weighted by molar-refractivity contribution is 4.89. The second-order valence-corrected chi connectivity index (χ2v) is 4.16. The Balaban J connectivity index is 2.45. The van der Waals surface area contributed by atoms with Crippen LogP contribution in [0.3, 0.4) is 0 Å². The molecule has 0 aliphatic heterocycles. The molecule has 0 spiro atoms. The number of halogens is 2. The summed E-state index contributed by atoms with van der Waals surface area (Å²) in [6.45, 7) is 2.09. The predicted octanol–water partition coefficient (Wildman–Crippen LogP) is 2.55. The standard InChI is InChI=1S/C9H17F2N/c1-7-3-2-4-9(12,5-7)6-8(10)11/h7-8H,2-6,12H2,1H3. The highest BCUT2D eigenvalue weighted by Gasteiger charge is 2.33. The van der Waals surface area contributed by atoms with Gasteiger partial charge in [0.25, 0.3) is 0 Å². The van der Waals surface area contributed by atoms with Crippen molar-refractivity contribution < 1.29 is 8.78 Å². The van der Waals surface area contributed by atoms with Gasteiger partial charge in [0.15, 0.2) is 0 Å². The zero-order valence-electron chi connectivity index (χ0n) is 7.52. The molecule has 0 heterocycles. The first-order valence-electron chi connectivity index (χ1n) is 4.59. The lowest BCUT2D eigenvalue weighted by atomic mass is 9.75. The van der Waals surface area contributed by atoms with Gasteiger partial charge >= 0.3 is 0 Å². The van der Waals surface area contributed by atoms with E-state index < -0.39 is 12.0 Å². The van der Waals surface area contributed by atoms with Crippen LogP contribution >= 0.6 is 0 Å². The van der Waals surface area contributed by atoms with E-state index in [1.165, 1.54) is 0 Å². The topological polar surface area (TPSA) is 26.0 Å². The van der Waals surface area contributed by atoms with Crippen LogP contribution in [0.25, 0.3) is 0 Å². The van der Waals surface area contributed by atoms with E-state index in [0.717, 1.165) is 25.7 Å². The van der Waals surface area contributed by atoms with Gasteiger partial charge in [0.2, 0.25) is 6.43 Å². The van der Waals surface area contributed by atoms with Crippen molar-refractivity contribution >= 4 is 0 Å². The van der Waals surface area contributed by atoms with Crippen LogP contribution in [0.15, 0.2) is 0 Å². The number of nitrogens with two attached hydrogens (primary N) is 1. The van der Waals surface area contributed by atoms with Crippen molar-refractivity contribution in [2.24, 2.45) is 11.7 Å². The molecule has 0 saturated heterocycles. The summed E-state index contributed by atoms with van der Waals surface area (Å²) < 4.78 is 24.2. The van der Waals surface area contributed by atoms with Gasteiger partial charge in [0.05, 0.1) is 0 Å². The van der Waals surface area contributed by atoms with Gasteiger partial charge < -0.3 is 5.73 Å². The second-order valence-electron chi connectivity index (χ2n) is 4.16. The van der Waals surface area contributed by atoms with Crippen LogP contribution in [0.5, 0.6) is 0 Å². The Morgan fingerprint density at radius 3 is 2.75 bits per heavy atom. The fraction of sp³-hybridized carbons (Fsp3) is 1.00. The molecule has 1 nitrogen and oxygen atoms in total. The molecule has 1 rings (SSSR count). The van der Waals surface area contributed by atoms with Crippen LogP contribution < -0.4 is 5.73 Å². The van der Waals surface area contributed by atoms with Crippen LogP contribution in [0.2, 0.25) is 0 Å². The van der Waals surface area contributed by atoms with Gasteiger partial charge in [0.1, 0.15) is 0 Å². The van der Waals surface area contributed by atoms with E-state index in [1.54, 1.807) is 0 Å². The van der Waals surface area contributed by atoms with Crippen LogP contribution in [-0.4, -0.2) is 12.0 Å². The van der Waals surface area contributed by atoms with E-state index >= 15 is 0 Å². The van der Waals surface area contributed by atoms with E-state index in [2.05, 4.69) is 6.92 Å². The summed E-state index contributed by atoms with van der Waals surface area (Å²) in [5, 5.41) is 0. The third-order valence-electron chi connectivity index (χ3n) is 2.69. The summed E-state index contributed by atoms with van der Waals surface area (Å²) in [4.78, 5) is 0. The lowest BCUT2D eigenvalue weighted by Crippen LogP contribution is -2.45. The summed E-state index contributed by atoms with van der Waals surface area (Å²) >= 11 is 0. The molecule has 0 bridgehead atoms. The Morgan fingerprint density at radius 1 is 1.58 bits per heavy atom. The number of alkyl halides is 2. The predicted molar refractivity (Wildman–Crippen MR) is 45.2 cm³/mol. The normalized spacial score (nSPS) is 37.2. The van der Waals surface area contributed by atoms with E-state index in [4.69, 9.17) is 5.73 Å². The van der Waals surface area contributed by atoms with Gasteiger partial charge in [-0.1, -0.05) is 19.8 Å². The zero-order valence-corrected chi connectivity index (χ0v) is 7.52. The number of hydrogen-bond acceptors (Lipinski definition) is 1. The van der Waals surface area contributed by atoms with Crippen LogP contribution in [0, 0.1) is 5.92 Å². The number of rotatable bonds is 2. The van der Waals surface area contributed by atoms with Crippen molar-refractivity contribution in [1.29, 1.82) is 0 Å². The molecule has 0 amide bonds. The molecular formula is C9H17F2N. The maximum absolute atomic E-state index is 12.1. The zero-order chi connectivity index (χ0) is 9.19. The van der Waals surface area contributed by atoms with E-state index in [9.17, 15) is 8.78 Å². The van der Waals surface area contributed by atoms with Crippen molar-refractivity contribution in [3.63, 3.8) is 0 Å². The first kappa shape index (κ1) is 9.90. The summed E-state index contributed by atoms with van der Waals surface area (Å²) in [5.41, 5.74) is 5.29. The maximum Gasteiger partial charge on any atom is 0.240 e. The quantitative estimate of drug-likeness (QED) is 0.689. The van der Waals surface area contributed by atoms with Crippen molar-refractivity contribution in [2.75, 3.05) is 0 Å². The highest BCUT2D eigenvalue weighted by atomic mass is 19.3. The van der Waals surface area contributed by atoms with Gasteiger partial charge in [-0.05, 0) is 18.8 Å². The third kappa shape index (κ3) is 2.70. The minimum absolute atomic E-state index is 0.128. The fourth-order valence-corrected chi connectivity index (χ4v) is 2.19. The van der Waals surface area contributed by atoms with Crippen molar-refractivity contribution in [1.82, 2.24) is 0 Å². The Labute approximate surface area is 72.3 Å². The van der Waals surface area contributed by atoms with Crippen molar-refractivity contribution in [3.05, 3.63) is 0 Å². The summed E-state index contributed by atoms with van der Waals surface area (Å²) in [6, 6.07) is 0. The molecule has 0 radical (unpaired) electrons. The van der Waals surface area contributed by atoms with E-state index in [-0.39, 0.29) is 6.42 Å². The average Bonchev–Trinajstić information content (AvgIpc) is 1.82. The van der Waals surface area contributed by atoms with Crippen LogP contribution in [0.1, 0.15) is 39.0 Å². The van der Waals surface area contributed by atoms with Gasteiger partial charge in [-0.2, -0.15) is 0 Å². The van der Waals surface area contributed by atoms with Crippen LogP contribution in [0.4, 0.5) is 8.78 Å². The molecule has 2 unspecified atom stereocenters. The molecule has 1 aliphatic rings. The fourth-order valence-electron chi connectivity index (χ4n) is 2.19. The molecule has 3 heteroatoms. The molecule has 0 aromatic carbocycles. The molecule has 2 atom stereocenters. The van der Waals surface area contributed by atoms with Gasteiger partial charge in [-0.15, -0.1) is 0 Å². The third-order valence-corrected chi connectivity index (χ3v) is 2.69. The minimum Gasteiger partial charge on any atom is -0.325 e. The monoisotopic (exact) mass is 177 g/mol. The largest absolute Gasteiger partial charge is 0.325 e. The Kier molecular flexibility index (Phi) is 3.04. The highest BCUT2D eigenvalue weighted by Crippen LogP contribution is 2.34. The SMILES string of the molecule is CC1CCCC(N)(CC(F)F)C1. The maximum atomic E-state index is 12.1. The average molecular weight is 177 g/mol. The van der Waals surface area contributed by atoms with Gasteiger partial charge in [0, 0.05) is 12.0 Å². The summed E-state index contributed by atoms with van der Waals surface area (Å²) in [6.07, 6.45) is 1.29. The Morgan fingerprint density at radius 2 is 2.25 bits per heavy atom. The smallest absolute Gasteiger partial charge is 0.240 e. The molecule has 0 aromatic rings. The minimum atomic E-state index is -2.25. The molecule has 1 fully saturated rings. The molecule has 1 aliphatic carbocycles. The molecule has 1 saturated carbocycles. The molecule has 2 N–H and O–H groups in total. The molecule has 72 valence electrons. The molecule has 12 heavy (non-hydrogen) atoms. The summed E-state index contributed by atoms with van der Waals surface area (Å²) in [5.74, 6) is 0.516. The van der Waals surface area contributed by atoms with Crippen molar-refractivity contribution in [3.8, 4) is 0 Å². The van der Waals surface area contributed by atoms with Gasteiger partial charge in [-0.3, -0.25) is 0 Å². The van der Waals surface area contributed by atoms with Crippen molar-refractivity contribution in [2.45, 2.75) is 51.0 Å². The lowest BCUT2D eigenvalue weighted by molar-refractivity contribution is 0.0815. The first-order valence-corrected chi connectivity index (χ1v) is 4.59. The number of hydrogen-bond donors (Lipinski definition) is 1. The lowest BCUT2D eigenvalue weighted by Gasteiger charge is -2.36. The summed E-state index contributed by atoms with van der Waals surface area (Å²) in [7, 11) is 0. The Hall–Kier alpha value is -0.180. The molecular weight excluding hydrogens is 160 g/mol. The second kappa shape index (κ2) is 3.69. The van der Waals surface area contributed by atoms with E-state index in [1.807, 2.05) is 0 Å². The first-order chi connectivity index (χ1) is 5.52.